The van der Waals surface area contributed by atoms with Crippen molar-refractivity contribution in [2.45, 2.75) is 50.9 Å². The standard InChI is InChI=1S/C12H26O11S4/c1-5-8-21-27(19,20)12(3)23-26(17,18)10-7-6-9-25(15,16)22-11(2)24(4,13)14/h11-12H,5-10H2,1-4H3. The molecule has 164 valence electrons. The Bertz CT molecular complexity index is 870. The molecule has 0 aromatic heterocycles. The molecule has 0 amide bonds. The largest absolute Gasteiger partial charge is 0.295 e. The molecule has 0 saturated carbocycles. The number of unbranched alkanes of at least 4 members (excludes halogenated alkanes) is 1. The Morgan fingerprint density at radius 1 is 0.741 bits per heavy atom. The van der Waals surface area contributed by atoms with E-state index in [1.807, 2.05) is 0 Å². The highest BCUT2D eigenvalue weighted by Crippen LogP contribution is 2.13. The molecule has 0 aromatic carbocycles. The zero-order chi connectivity index (χ0) is 21.5. The van der Waals surface area contributed by atoms with Crippen LogP contribution in [0.1, 0.15) is 40.0 Å². The maximum absolute atomic E-state index is 11.8. The number of hydrogen-bond acceptors (Lipinski definition) is 11. The molecule has 2 unspecified atom stereocenters. The summed E-state index contributed by atoms with van der Waals surface area (Å²) in [5.41, 5.74) is -3.29. The van der Waals surface area contributed by atoms with Gasteiger partial charge in [0.05, 0.1) is 18.1 Å². The Balaban J connectivity index is 4.55. The van der Waals surface area contributed by atoms with Crippen LogP contribution in [0.3, 0.4) is 0 Å². The molecule has 0 bridgehead atoms. The lowest BCUT2D eigenvalue weighted by atomic mass is 10.4. The van der Waals surface area contributed by atoms with Crippen LogP contribution in [0.15, 0.2) is 0 Å². The van der Waals surface area contributed by atoms with Gasteiger partial charge in [-0.25, -0.2) is 12.6 Å². The fraction of sp³-hybridized carbons (Fsp3) is 1.00. The molecule has 0 aliphatic rings. The summed E-state index contributed by atoms with van der Waals surface area (Å²) in [6.45, 7) is 3.63. The van der Waals surface area contributed by atoms with Crippen molar-refractivity contribution in [3.05, 3.63) is 0 Å². The van der Waals surface area contributed by atoms with Gasteiger partial charge in [0.1, 0.15) is 0 Å². The quantitative estimate of drug-likeness (QED) is 0.245. The predicted molar refractivity (Wildman–Crippen MR) is 97.9 cm³/mol. The Kier molecular flexibility index (Phi) is 10.3. The van der Waals surface area contributed by atoms with E-state index >= 15 is 0 Å². The van der Waals surface area contributed by atoms with E-state index in [1.165, 1.54) is 0 Å². The average Bonchev–Trinajstić information content (AvgIpc) is 2.48. The highest BCUT2D eigenvalue weighted by Gasteiger charge is 2.28. The van der Waals surface area contributed by atoms with Gasteiger partial charge in [-0.15, -0.1) is 0 Å². The Hall–Kier alpha value is -0.320. The van der Waals surface area contributed by atoms with Crippen LogP contribution in [0, 0.1) is 0 Å². The number of hydrogen-bond donors (Lipinski definition) is 0. The third-order valence-corrected chi connectivity index (χ3v) is 8.76. The molecule has 0 heterocycles. The van der Waals surface area contributed by atoms with Crippen molar-refractivity contribution in [1.82, 2.24) is 0 Å². The SMILES string of the molecule is CCCOS(=O)(=O)C(C)OS(=O)(=O)CCCCS(=O)(=O)OC(C)S(C)(=O)=O. The van der Waals surface area contributed by atoms with Crippen molar-refractivity contribution >= 4 is 40.2 Å². The molecule has 0 aliphatic carbocycles. The second-order valence-electron chi connectivity index (χ2n) is 5.70. The van der Waals surface area contributed by atoms with Gasteiger partial charge in [-0.05, 0) is 33.1 Å². The van der Waals surface area contributed by atoms with E-state index < -0.39 is 62.6 Å². The maximum atomic E-state index is 11.8. The highest BCUT2D eigenvalue weighted by molar-refractivity contribution is 7.92. The van der Waals surface area contributed by atoms with Gasteiger partial charge in [0.15, 0.2) is 20.7 Å². The van der Waals surface area contributed by atoms with E-state index in [9.17, 15) is 33.7 Å². The molecule has 11 nitrogen and oxygen atoms in total. The molecule has 0 radical (unpaired) electrons. The van der Waals surface area contributed by atoms with Crippen LogP contribution >= 0.6 is 0 Å². The fourth-order valence-electron chi connectivity index (χ4n) is 1.48. The lowest BCUT2D eigenvalue weighted by Gasteiger charge is -2.14. The summed E-state index contributed by atoms with van der Waals surface area (Å²) in [5.74, 6) is -1.23. The van der Waals surface area contributed by atoms with Gasteiger partial charge in [-0.2, -0.15) is 25.3 Å². The molecule has 0 spiro atoms. The highest BCUT2D eigenvalue weighted by atomic mass is 32.2. The van der Waals surface area contributed by atoms with Crippen LogP contribution in [-0.2, 0) is 52.7 Å². The fourth-order valence-corrected chi connectivity index (χ4v) is 5.88. The monoisotopic (exact) mass is 474 g/mol. The maximum Gasteiger partial charge on any atom is 0.295 e. The van der Waals surface area contributed by atoms with Crippen LogP contribution in [0.5, 0.6) is 0 Å². The molecule has 0 aliphatic heterocycles. The van der Waals surface area contributed by atoms with Crippen molar-refractivity contribution in [3.8, 4) is 0 Å². The van der Waals surface area contributed by atoms with Gasteiger partial charge >= 0.3 is 0 Å². The number of rotatable bonds is 14. The summed E-state index contributed by atoms with van der Waals surface area (Å²) < 4.78 is 106. The molecule has 27 heavy (non-hydrogen) atoms. The molecule has 0 saturated heterocycles. The second kappa shape index (κ2) is 10.5. The van der Waals surface area contributed by atoms with Crippen LogP contribution < -0.4 is 0 Å². The molecular formula is C12H26O11S4. The van der Waals surface area contributed by atoms with Crippen molar-refractivity contribution in [2.75, 3.05) is 24.4 Å². The second-order valence-corrected chi connectivity index (χ2v) is 13.3. The third kappa shape index (κ3) is 11.3. The first-order valence-corrected chi connectivity index (χ1v) is 14.5. The van der Waals surface area contributed by atoms with E-state index in [-0.39, 0.29) is 19.4 Å². The van der Waals surface area contributed by atoms with Gasteiger partial charge in [0, 0.05) is 6.26 Å². The van der Waals surface area contributed by atoms with Crippen LogP contribution in [0.4, 0.5) is 0 Å². The van der Waals surface area contributed by atoms with Crippen molar-refractivity contribution in [3.63, 3.8) is 0 Å². The first-order chi connectivity index (χ1) is 12.0. The van der Waals surface area contributed by atoms with Crippen molar-refractivity contribution in [1.29, 1.82) is 0 Å². The molecule has 0 N–H and O–H groups in total. The van der Waals surface area contributed by atoms with Gasteiger partial charge in [0.2, 0.25) is 0 Å². The lowest BCUT2D eigenvalue weighted by molar-refractivity contribution is 0.245. The van der Waals surface area contributed by atoms with Crippen LogP contribution in [-0.4, -0.2) is 68.9 Å². The lowest BCUT2D eigenvalue weighted by Crippen LogP contribution is -2.28. The zero-order valence-corrected chi connectivity index (χ0v) is 18.8. The molecule has 2 atom stereocenters. The van der Waals surface area contributed by atoms with E-state index in [0.29, 0.717) is 6.42 Å². The Morgan fingerprint density at radius 3 is 1.52 bits per heavy atom. The molecular weight excluding hydrogens is 448 g/mol. The first kappa shape index (κ1) is 26.7. The predicted octanol–water partition coefficient (Wildman–Crippen LogP) is -0.0476. The summed E-state index contributed by atoms with van der Waals surface area (Å²) >= 11 is 0. The van der Waals surface area contributed by atoms with Gasteiger partial charge in [-0.1, -0.05) is 6.92 Å². The molecule has 15 heteroatoms. The molecule has 0 rings (SSSR count). The van der Waals surface area contributed by atoms with Gasteiger partial charge in [0.25, 0.3) is 30.4 Å². The van der Waals surface area contributed by atoms with E-state index in [1.54, 1.807) is 6.92 Å². The van der Waals surface area contributed by atoms with Crippen LogP contribution in [0.2, 0.25) is 0 Å². The number of sulfone groups is 1. The minimum atomic E-state index is -4.24. The van der Waals surface area contributed by atoms with E-state index in [4.69, 9.17) is 0 Å². The average molecular weight is 475 g/mol. The van der Waals surface area contributed by atoms with Gasteiger partial charge < -0.3 is 0 Å². The Labute approximate surface area is 161 Å². The van der Waals surface area contributed by atoms with Gasteiger partial charge in [-0.3, -0.25) is 8.37 Å². The third-order valence-electron chi connectivity index (χ3n) is 3.06. The van der Waals surface area contributed by atoms with Crippen molar-refractivity contribution in [2.24, 2.45) is 0 Å². The molecule has 0 fully saturated rings. The van der Waals surface area contributed by atoms with Crippen molar-refractivity contribution < 1.29 is 46.2 Å². The summed E-state index contributed by atoms with van der Waals surface area (Å²) in [6.07, 6.45) is 0.902. The minimum absolute atomic E-state index is 0.111. The summed E-state index contributed by atoms with van der Waals surface area (Å²) in [7, 11) is -16.3. The molecule has 0 aromatic rings. The summed E-state index contributed by atoms with van der Waals surface area (Å²) in [4.78, 5) is 0. The minimum Gasteiger partial charge on any atom is -0.268 e. The van der Waals surface area contributed by atoms with Crippen LogP contribution in [0.25, 0.3) is 0 Å². The first-order valence-electron chi connectivity index (χ1n) is 7.91. The summed E-state index contributed by atoms with van der Waals surface area (Å²) in [5, 5.41) is 0. The van der Waals surface area contributed by atoms with E-state index in [2.05, 4.69) is 12.5 Å². The Morgan fingerprint density at radius 2 is 1.15 bits per heavy atom. The summed E-state index contributed by atoms with van der Waals surface area (Å²) in [6, 6.07) is 0. The van der Waals surface area contributed by atoms with E-state index in [0.717, 1.165) is 20.1 Å². The normalized spacial score (nSPS) is 16.1. The zero-order valence-electron chi connectivity index (χ0n) is 15.5. The topological polar surface area (TPSA) is 164 Å². The smallest absolute Gasteiger partial charge is 0.268 e.